The zero-order chi connectivity index (χ0) is 12.1. The molecule has 0 aliphatic rings. The van der Waals surface area contributed by atoms with Crippen molar-refractivity contribution in [3.05, 3.63) is 52.5 Å². The van der Waals surface area contributed by atoms with E-state index in [9.17, 15) is 4.39 Å². The summed E-state index contributed by atoms with van der Waals surface area (Å²) in [5.41, 5.74) is 0.675. The molecule has 2 rings (SSSR count). The molecule has 3 nitrogen and oxygen atoms in total. The molecule has 90 valence electrons. The maximum atomic E-state index is 13.5. The molecule has 0 fully saturated rings. The van der Waals surface area contributed by atoms with Crippen molar-refractivity contribution >= 4 is 15.9 Å². The van der Waals surface area contributed by atoms with Crippen molar-refractivity contribution in [3.8, 4) is 0 Å². The van der Waals surface area contributed by atoms with Crippen LogP contribution in [0.5, 0.6) is 0 Å². The molecule has 5 heteroatoms. The Morgan fingerprint density at radius 1 is 1.41 bits per heavy atom. The largest absolute Gasteiger partial charge is 0.311 e. The molecule has 0 spiro atoms. The standard InChI is InChI=1S/C12H13BrFN3/c13-11-3-2-10(12(14)8-11)9-15-5-7-17-6-1-4-16-17/h1-4,6,8,15H,5,7,9H2. The van der Waals surface area contributed by atoms with E-state index in [4.69, 9.17) is 0 Å². The van der Waals surface area contributed by atoms with Gasteiger partial charge >= 0.3 is 0 Å². The third kappa shape index (κ3) is 3.64. The highest BCUT2D eigenvalue weighted by Crippen LogP contribution is 2.14. The molecule has 1 aromatic heterocycles. The number of rotatable bonds is 5. The summed E-state index contributed by atoms with van der Waals surface area (Å²) in [6.07, 6.45) is 3.65. The maximum Gasteiger partial charge on any atom is 0.128 e. The third-order valence-corrected chi connectivity index (χ3v) is 2.90. The van der Waals surface area contributed by atoms with Crippen LogP contribution >= 0.6 is 15.9 Å². The topological polar surface area (TPSA) is 29.9 Å². The van der Waals surface area contributed by atoms with Gasteiger partial charge in [0.05, 0.1) is 6.54 Å². The summed E-state index contributed by atoms with van der Waals surface area (Å²) in [6, 6.07) is 6.98. The molecular formula is C12H13BrFN3. The minimum atomic E-state index is -0.189. The SMILES string of the molecule is Fc1cc(Br)ccc1CNCCn1cccn1. The summed E-state index contributed by atoms with van der Waals surface area (Å²) in [4.78, 5) is 0. The highest BCUT2D eigenvalue weighted by atomic mass is 79.9. The minimum Gasteiger partial charge on any atom is -0.311 e. The number of benzene rings is 1. The Balaban J connectivity index is 1.78. The first-order valence-electron chi connectivity index (χ1n) is 5.38. The van der Waals surface area contributed by atoms with E-state index in [0.717, 1.165) is 17.6 Å². The van der Waals surface area contributed by atoms with Gasteiger partial charge in [0.25, 0.3) is 0 Å². The van der Waals surface area contributed by atoms with Crippen LogP contribution < -0.4 is 5.32 Å². The number of halogens is 2. The molecule has 17 heavy (non-hydrogen) atoms. The number of hydrogen-bond acceptors (Lipinski definition) is 2. The fourth-order valence-electron chi connectivity index (χ4n) is 1.51. The van der Waals surface area contributed by atoms with Gasteiger partial charge in [0.15, 0.2) is 0 Å². The van der Waals surface area contributed by atoms with Crippen LogP contribution in [-0.2, 0) is 13.1 Å². The van der Waals surface area contributed by atoms with E-state index >= 15 is 0 Å². The summed E-state index contributed by atoms with van der Waals surface area (Å²) in [5.74, 6) is -0.189. The second-order valence-corrected chi connectivity index (χ2v) is 4.60. The van der Waals surface area contributed by atoms with Gasteiger partial charge < -0.3 is 5.32 Å². The van der Waals surface area contributed by atoms with E-state index in [1.54, 1.807) is 12.3 Å². The number of hydrogen-bond donors (Lipinski definition) is 1. The van der Waals surface area contributed by atoms with Crippen molar-refractivity contribution in [1.82, 2.24) is 15.1 Å². The van der Waals surface area contributed by atoms with Crippen molar-refractivity contribution in [2.24, 2.45) is 0 Å². The second kappa shape index (κ2) is 5.93. The van der Waals surface area contributed by atoms with Gasteiger partial charge in [0.1, 0.15) is 5.82 Å². The van der Waals surface area contributed by atoms with Gasteiger partial charge in [-0.1, -0.05) is 22.0 Å². The first-order valence-corrected chi connectivity index (χ1v) is 6.17. The van der Waals surface area contributed by atoms with Gasteiger partial charge in [-0.2, -0.15) is 5.10 Å². The Bertz CT molecular complexity index is 471. The van der Waals surface area contributed by atoms with Crippen molar-refractivity contribution in [2.75, 3.05) is 6.54 Å². The lowest BCUT2D eigenvalue weighted by molar-refractivity contribution is 0.540. The summed E-state index contributed by atoms with van der Waals surface area (Å²) in [6.45, 7) is 2.07. The summed E-state index contributed by atoms with van der Waals surface area (Å²) in [5, 5.41) is 7.27. The lowest BCUT2D eigenvalue weighted by Crippen LogP contribution is -2.20. The van der Waals surface area contributed by atoms with E-state index in [1.807, 2.05) is 23.0 Å². The molecule has 0 atom stereocenters. The van der Waals surface area contributed by atoms with Crippen molar-refractivity contribution in [2.45, 2.75) is 13.1 Å². The van der Waals surface area contributed by atoms with E-state index in [-0.39, 0.29) is 5.82 Å². The minimum absolute atomic E-state index is 0.189. The molecule has 0 radical (unpaired) electrons. The Kier molecular flexibility index (Phi) is 4.28. The average molecular weight is 298 g/mol. The smallest absolute Gasteiger partial charge is 0.128 e. The molecule has 2 aromatic rings. The third-order valence-electron chi connectivity index (χ3n) is 2.41. The molecule has 0 unspecified atom stereocenters. The normalized spacial score (nSPS) is 10.7. The van der Waals surface area contributed by atoms with Crippen LogP contribution in [0.1, 0.15) is 5.56 Å². The van der Waals surface area contributed by atoms with Crippen LogP contribution in [0, 0.1) is 5.82 Å². The molecule has 0 saturated heterocycles. The van der Waals surface area contributed by atoms with E-state index in [2.05, 4.69) is 26.3 Å². The number of nitrogens with one attached hydrogen (secondary N) is 1. The first kappa shape index (κ1) is 12.3. The fourth-order valence-corrected chi connectivity index (χ4v) is 1.85. The summed E-state index contributed by atoms with van der Waals surface area (Å²) >= 11 is 3.23. The fraction of sp³-hybridized carbons (Fsp3) is 0.250. The lowest BCUT2D eigenvalue weighted by Gasteiger charge is -2.06. The molecular weight excluding hydrogens is 285 g/mol. The quantitative estimate of drug-likeness (QED) is 0.860. The van der Waals surface area contributed by atoms with E-state index < -0.39 is 0 Å². The molecule has 0 aliphatic heterocycles. The van der Waals surface area contributed by atoms with Gasteiger partial charge in [0.2, 0.25) is 0 Å². The van der Waals surface area contributed by atoms with E-state index in [1.165, 1.54) is 6.07 Å². The van der Waals surface area contributed by atoms with Gasteiger partial charge in [-0.05, 0) is 18.2 Å². The Morgan fingerprint density at radius 3 is 3.00 bits per heavy atom. The molecule has 1 heterocycles. The van der Waals surface area contributed by atoms with Crippen LogP contribution in [0.4, 0.5) is 4.39 Å². The number of aromatic nitrogens is 2. The second-order valence-electron chi connectivity index (χ2n) is 3.68. The van der Waals surface area contributed by atoms with Crippen molar-refractivity contribution < 1.29 is 4.39 Å². The average Bonchev–Trinajstić information content (AvgIpc) is 2.79. The number of nitrogens with zero attached hydrogens (tertiary/aromatic N) is 2. The lowest BCUT2D eigenvalue weighted by atomic mass is 10.2. The molecule has 1 aromatic carbocycles. The monoisotopic (exact) mass is 297 g/mol. The summed E-state index contributed by atoms with van der Waals surface area (Å²) < 4.78 is 16.1. The first-order chi connectivity index (χ1) is 8.25. The van der Waals surface area contributed by atoms with Crippen LogP contribution in [-0.4, -0.2) is 16.3 Å². The molecule has 0 amide bonds. The van der Waals surface area contributed by atoms with Crippen molar-refractivity contribution in [1.29, 1.82) is 0 Å². The van der Waals surface area contributed by atoms with Crippen molar-refractivity contribution in [3.63, 3.8) is 0 Å². The Morgan fingerprint density at radius 2 is 2.29 bits per heavy atom. The molecule has 1 N–H and O–H groups in total. The van der Waals surface area contributed by atoms with E-state index in [0.29, 0.717) is 12.1 Å². The molecule has 0 bridgehead atoms. The maximum absolute atomic E-state index is 13.5. The van der Waals surface area contributed by atoms with Gasteiger partial charge in [-0.25, -0.2) is 4.39 Å². The van der Waals surface area contributed by atoms with Gasteiger partial charge in [-0.15, -0.1) is 0 Å². The van der Waals surface area contributed by atoms with Crippen LogP contribution in [0.2, 0.25) is 0 Å². The molecule has 0 saturated carbocycles. The Hall–Kier alpha value is -1.20. The molecule has 0 aliphatic carbocycles. The van der Waals surface area contributed by atoms with Gasteiger partial charge in [0, 0.05) is 35.5 Å². The predicted molar refractivity (Wildman–Crippen MR) is 68.0 cm³/mol. The van der Waals surface area contributed by atoms with Crippen LogP contribution in [0.15, 0.2) is 41.1 Å². The summed E-state index contributed by atoms with van der Waals surface area (Å²) in [7, 11) is 0. The zero-order valence-electron chi connectivity index (χ0n) is 9.24. The highest BCUT2D eigenvalue weighted by Gasteiger charge is 2.01. The zero-order valence-corrected chi connectivity index (χ0v) is 10.8. The highest BCUT2D eigenvalue weighted by molar-refractivity contribution is 9.10. The van der Waals surface area contributed by atoms with Crippen LogP contribution in [0.3, 0.4) is 0 Å². The predicted octanol–water partition coefficient (Wildman–Crippen LogP) is 2.57. The van der Waals surface area contributed by atoms with Crippen LogP contribution in [0.25, 0.3) is 0 Å². The van der Waals surface area contributed by atoms with Gasteiger partial charge in [-0.3, -0.25) is 4.68 Å². The Labute approximate surface area is 108 Å².